The summed E-state index contributed by atoms with van der Waals surface area (Å²) in [5.41, 5.74) is 2.35. The Bertz CT molecular complexity index is 577. The third-order valence-corrected chi connectivity index (χ3v) is 4.06. The van der Waals surface area contributed by atoms with E-state index in [1.54, 1.807) is 0 Å². The van der Waals surface area contributed by atoms with Crippen LogP contribution in [-0.4, -0.2) is 31.2 Å². The number of fused-ring (bicyclic) bond motifs is 1. The molecule has 0 radical (unpaired) electrons. The number of anilines is 1. The number of pyridine rings is 1. The monoisotopic (exact) mass is 305 g/mol. The molecule has 4 heteroatoms. The van der Waals surface area contributed by atoms with E-state index >= 15 is 0 Å². The SMILES string of the molecule is Cc1cc(N2CCNCC2)nc2c(Br)cccc12. The fourth-order valence-corrected chi connectivity index (χ4v) is 2.88. The molecule has 1 aromatic carbocycles. The van der Waals surface area contributed by atoms with Crippen LogP contribution in [-0.2, 0) is 0 Å². The lowest BCUT2D eigenvalue weighted by Gasteiger charge is -2.29. The predicted molar refractivity (Wildman–Crippen MR) is 79.3 cm³/mol. The molecule has 0 unspecified atom stereocenters. The van der Waals surface area contributed by atoms with Gasteiger partial charge in [-0.3, -0.25) is 0 Å². The first-order valence-corrected chi connectivity index (χ1v) is 7.06. The van der Waals surface area contributed by atoms with Gasteiger partial charge in [0.05, 0.1) is 5.52 Å². The van der Waals surface area contributed by atoms with Crippen molar-refractivity contribution in [2.24, 2.45) is 0 Å². The van der Waals surface area contributed by atoms with Crippen LogP contribution in [0.3, 0.4) is 0 Å². The van der Waals surface area contributed by atoms with Crippen molar-refractivity contribution >= 4 is 32.7 Å². The van der Waals surface area contributed by atoms with Gasteiger partial charge >= 0.3 is 0 Å². The maximum atomic E-state index is 4.81. The quantitative estimate of drug-likeness (QED) is 0.878. The molecule has 1 N–H and O–H groups in total. The molecule has 18 heavy (non-hydrogen) atoms. The van der Waals surface area contributed by atoms with Crippen LogP contribution in [0.1, 0.15) is 5.56 Å². The Morgan fingerprint density at radius 1 is 1.28 bits per heavy atom. The Hall–Kier alpha value is -1.13. The normalized spacial score (nSPS) is 16.2. The minimum absolute atomic E-state index is 1.03. The molecule has 1 aliphatic heterocycles. The third-order valence-electron chi connectivity index (χ3n) is 3.42. The molecule has 94 valence electrons. The molecule has 2 heterocycles. The first-order valence-electron chi connectivity index (χ1n) is 6.27. The second kappa shape index (κ2) is 4.86. The van der Waals surface area contributed by atoms with Gasteiger partial charge in [-0.05, 0) is 40.5 Å². The molecule has 3 nitrogen and oxygen atoms in total. The molecular formula is C14H16BrN3. The van der Waals surface area contributed by atoms with E-state index in [4.69, 9.17) is 4.98 Å². The number of nitrogens with zero attached hydrogens (tertiary/aromatic N) is 2. The molecule has 0 amide bonds. The summed E-state index contributed by atoms with van der Waals surface area (Å²) < 4.78 is 1.07. The van der Waals surface area contributed by atoms with Crippen LogP contribution in [0.25, 0.3) is 10.9 Å². The molecule has 0 bridgehead atoms. The lowest BCUT2D eigenvalue weighted by molar-refractivity contribution is 0.585. The highest BCUT2D eigenvalue weighted by Gasteiger charge is 2.13. The number of benzene rings is 1. The van der Waals surface area contributed by atoms with E-state index in [2.05, 4.69) is 57.3 Å². The molecule has 0 spiro atoms. The number of aromatic nitrogens is 1. The molecule has 0 saturated carbocycles. The van der Waals surface area contributed by atoms with Gasteiger partial charge in [-0.1, -0.05) is 12.1 Å². The summed E-state index contributed by atoms with van der Waals surface area (Å²) in [5, 5.41) is 4.59. The van der Waals surface area contributed by atoms with E-state index in [1.807, 2.05) is 0 Å². The summed E-state index contributed by atoms with van der Waals surface area (Å²) >= 11 is 3.60. The van der Waals surface area contributed by atoms with Crippen molar-refractivity contribution in [3.63, 3.8) is 0 Å². The summed E-state index contributed by atoms with van der Waals surface area (Å²) in [6.45, 7) is 6.29. The third kappa shape index (κ3) is 2.10. The van der Waals surface area contributed by atoms with Crippen molar-refractivity contribution < 1.29 is 0 Å². The van der Waals surface area contributed by atoms with Crippen molar-refractivity contribution in [2.75, 3.05) is 31.1 Å². The second-order valence-electron chi connectivity index (χ2n) is 4.67. The summed E-state index contributed by atoms with van der Waals surface area (Å²) in [7, 11) is 0. The van der Waals surface area contributed by atoms with Gasteiger partial charge in [-0.15, -0.1) is 0 Å². The molecule has 3 rings (SSSR count). The van der Waals surface area contributed by atoms with Crippen LogP contribution in [0.5, 0.6) is 0 Å². The van der Waals surface area contributed by atoms with E-state index < -0.39 is 0 Å². The summed E-state index contributed by atoms with van der Waals surface area (Å²) in [6.07, 6.45) is 0. The average molecular weight is 306 g/mol. The number of hydrogen-bond donors (Lipinski definition) is 1. The van der Waals surface area contributed by atoms with Crippen LogP contribution < -0.4 is 10.2 Å². The molecular weight excluding hydrogens is 290 g/mol. The van der Waals surface area contributed by atoms with Crippen LogP contribution in [0.2, 0.25) is 0 Å². The number of halogens is 1. The summed E-state index contributed by atoms with van der Waals surface area (Å²) in [6, 6.07) is 8.44. The summed E-state index contributed by atoms with van der Waals surface area (Å²) in [4.78, 5) is 7.16. The van der Waals surface area contributed by atoms with E-state index in [1.165, 1.54) is 10.9 Å². The van der Waals surface area contributed by atoms with E-state index in [0.717, 1.165) is 42.0 Å². The van der Waals surface area contributed by atoms with Gasteiger partial charge in [0.2, 0.25) is 0 Å². The fraction of sp³-hybridized carbons (Fsp3) is 0.357. The molecule has 1 aromatic heterocycles. The highest BCUT2D eigenvalue weighted by Crippen LogP contribution is 2.27. The van der Waals surface area contributed by atoms with Crippen molar-refractivity contribution in [1.82, 2.24) is 10.3 Å². The Morgan fingerprint density at radius 3 is 2.83 bits per heavy atom. The van der Waals surface area contributed by atoms with Crippen molar-refractivity contribution in [3.05, 3.63) is 34.3 Å². The Balaban J connectivity index is 2.11. The first kappa shape index (κ1) is 11.9. The topological polar surface area (TPSA) is 28.2 Å². The maximum absolute atomic E-state index is 4.81. The number of hydrogen-bond acceptors (Lipinski definition) is 3. The fourth-order valence-electron chi connectivity index (χ4n) is 2.42. The lowest BCUT2D eigenvalue weighted by atomic mass is 10.1. The number of rotatable bonds is 1. The highest BCUT2D eigenvalue weighted by atomic mass is 79.9. The lowest BCUT2D eigenvalue weighted by Crippen LogP contribution is -2.43. The molecule has 1 aliphatic rings. The Kier molecular flexibility index (Phi) is 3.22. The standard InChI is InChI=1S/C14H16BrN3/c1-10-9-13(18-7-5-16-6-8-18)17-14-11(10)3-2-4-12(14)15/h2-4,9,16H,5-8H2,1H3. The van der Waals surface area contributed by atoms with Crippen molar-refractivity contribution in [2.45, 2.75) is 6.92 Å². The number of para-hydroxylation sites is 1. The number of nitrogens with one attached hydrogen (secondary N) is 1. The minimum Gasteiger partial charge on any atom is -0.354 e. The van der Waals surface area contributed by atoms with Crippen LogP contribution in [0.15, 0.2) is 28.7 Å². The van der Waals surface area contributed by atoms with Gasteiger partial charge in [0.15, 0.2) is 0 Å². The molecule has 0 atom stereocenters. The van der Waals surface area contributed by atoms with Gasteiger partial charge in [-0.2, -0.15) is 0 Å². The Morgan fingerprint density at radius 2 is 2.06 bits per heavy atom. The molecule has 1 saturated heterocycles. The molecule has 1 fully saturated rings. The van der Waals surface area contributed by atoms with E-state index in [0.29, 0.717) is 0 Å². The zero-order valence-corrected chi connectivity index (χ0v) is 12.0. The van der Waals surface area contributed by atoms with Gasteiger partial charge in [0.1, 0.15) is 5.82 Å². The molecule has 0 aliphatic carbocycles. The predicted octanol–water partition coefficient (Wildman–Crippen LogP) is 2.72. The van der Waals surface area contributed by atoms with Crippen LogP contribution in [0.4, 0.5) is 5.82 Å². The van der Waals surface area contributed by atoms with Crippen LogP contribution >= 0.6 is 15.9 Å². The second-order valence-corrected chi connectivity index (χ2v) is 5.52. The number of aryl methyl sites for hydroxylation is 1. The first-order chi connectivity index (χ1) is 8.75. The van der Waals surface area contributed by atoms with E-state index in [9.17, 15) is 0 Å². The van der Waals surface area contributed by atoms with Gasteiger partial charge in [0.25, 0.3) is 0 Å². The average Bonchev–Trinajstić information content (AvgIpc) is 2.41. The van der Waals surface area contributed by atoms with Crippen molar-refractivity contribution in [3.8, 4) is 0 Å². The smallest absolute Gasteiger partial charge is 0.129 e. The largest absolute Gasteiger partial charge is 0.354 e. The van der Waals surface area contributed by atoms with Gasteiger partial charge < -0.3 is 10.2 Å². The van der Waals surface area contributed by atoms with Gasteiger partial charge in [-0.25, -0.2) is 4.98 Å². The summed E-state index contributed by atoms with van der Waals surface area (Å²) in [5.74, 6) is 1.09. The minimum atomic E-state index is 1.03. The van der Waals surface area contributed by atoms with E-state index in [-0.39, 0.29) is 0 Å². The number of piperazine rings is 1. The highest BCUT2D eigenvalue weighted by molar-refractivity contribution is 9.10. The van der Waals surface area contributed by atoms with Crippen LogP contribution in [0, 0.1) is 6.92 Å². The van der Waals surface area contributed by atoms with Crippen molar-refractivity contribution in [1.29, 1.82) is 0 Å². The Labute approximate surface area is 115 Å². The molecule has 2 aromatic rings. The van der Waals surface area contributed by atoms with Gasteiger partial charge in [0, 0.05) is 36.0 Å². The maximum Gasteiger partial charge on any atom is 0.129 e. The zero-order valence-electron chi connectivity index (χ0n) is 10.4. The zero-order chi connectivity index (χ0) is 12.5.